The van der Waals surface area contributed by atoms with Crippen molar-refractivity contribution in [3.63, 3.8) is 0 Å². The van der Waals surface area contributed by atoms with Crippen molar-refractivity contribution in [1.82, 2.24) is 4.98 Å². The Hall–Kier alpha value is -0.530. The van der Waals surface area contributed by atoms with Gasteiger partial charge in [-0.3, -0.25) is 0 Å². The predicted molar refractivity (Wildman–Crippen MR) is 74.6 cm³/mol. The summed E-state index contributed by atoms with van der Waals surface area (Å²) < 4.78 is 14.1. The monoisotopic (exact) mass is 363 g/mol. The van der Waals surface area contributed by atoms with Gasteiger partial charge in [-0.15, -0.1) is 11.3 Å². The highest BCUT2D eigenvalue weighted by atomic mass is 127. The SMILES string of the molecule is Cc1ccc(F)cc1CC(O)c1ncc(I)s1. The van der Waals surface area contributed by atoms with E-state index < -0.39 is 6.10 Å². The second-order valence-corrected chi connectivity index (χ2v) is 6.75. The minimum Gasteiger partial charge on any atom is -0.386 e. The van der Waals surface area contributed by atoms with Crippen LogP contribution in [0, 0.1) is 15.6 Å². The maximum atomic E-state index is 13.1. The van der Waals surface area contributed by atoms with Crippen molar-refractivity contribution in [3.8, 4) is 0 Å². The standard InChI is InChI=1S/C12H11FINOS/c1-7-2-3-9(13)4-8(7)5-10(16)12-15-6-11(14)17-12/h2-4,6,10,16H,5H2,1H3. The van der Waals surface area contributed by atoms with Crippen molar-refractivity contribution in [2.24, 2.45) is 0 Å². The Balaban J connectivity index is 2.18. The summed E-state index contributed by atoms with van der Waals surface area (Å²) in [6.07, 6.45) is 1.46. The molecule has 0 aliphatic rings. The second-order valence-electron chi connectivity index (χ2n) is 3.79. The van der Waals surface area contributed by atoms with E-state index in [9.17, 15) is 9.50 Å². The van der Waals surface area contributed by atoms with E-state index in [0.29, 0.717) is 11.4 Å². The lowest BCUT2D eigenvalue weighted by Crippen LogP contribution is -2.03. The van der Waals surface area contributed by atoms with Crippen molar-refractivity contribution < 1.29 is 9.50 Å². The van der Waals surface area contributed by atoms with E-state index in [1.54, 1.807) is 12.3 Å². The molecule has 0 aliphatic carbocycles. The molecule has 0 amide bonds. The van der Waals surface area contributed by atoms with Crippen molar-refractivity contribution in [2.75, 3.05) is 0 Å². The average molecular weight is 363 g/mol. The van der Waals surface area contributed by atoms with Crippen molar-refractivity contribution >= 4 is 33.9 Å². The van der Waals surface area contributed by atoms with Gasteiger partial charge in [0.15, 0.2) is 0 Å². The smallest absolute Gasteiger partial charge is 0.123 e. The number of halogens is 2. The van der Waals surface area contributed by atoms with Gasteiger partial charge in [0.2, 0.25) is 0 Å². The molecule has 1 atom stereocenters. The number of hydrogen-bond donors (Lipinski definition) is 1. The van der Waals surface area contributed by atoms with Crippen LogP contribution in [0.4, 0.5) is 4.39 Å². The number of nitrogens with zero attached hydrogens (tertiary/aromatic N) is 1. The summed E-state index contributed by atoms with van der Waals surface area (Å²) in [6.45, 7) is 1.91. The molecule has 1 heterocycles. The molecule has 0 bridgehead atoms. The van der Waals surface area contributed by atoms with Gasteiger partial charge >= 0.3 is 0 Å². The lowest BCUT2D eigenvalue weighted by Gasteiger charge is -2.10. The van der Waals surface area contributed by atoms with Crippen molar-refractivity contribution in [2.45, 2.75) is 19.4 Å². The molecule has 0 fully saturated rings. The number of thiazole rings is 1. The minimum atomic E-state index is -0.663. The largest absolute Gasteiger partial charge is 0.386 e. The normalized spacial score (nSPS) is 12.7. The summed E-state index contributed by atoms with van der Waals surface area (Å²) in [6, 6.07) is 4.62. The van der Waals surface area contributed by atoms with Crippen LogP contribution in [0.5, 0.6) is 0 Å². The summed E-state index contributed by atoms with van der Waals surface area (Å²) in [4.78, 5) is 4.13. The Kier molecular flexibility index (Phi) is 4.11. The van der Waals surface area contributed by atoms with Gasteiger partial charge in [-0.05, 0) is 52.8 Å². The Morgan fingerprint density at radius 2 is 2.29 bits per heavy atom. The lowest BCUT2D eigenvalue weighted by atomic mass is 10.0. The van der Waals surface area contributed by atoms with Crippen LogP contribution in [-0.4, -0.2) is 10.1 Å². The fourth-order valence-electron chi connectivity index (χ4n) is 1.58. The number of rotatable bonds is 3. The molecule has 1 unspecified atom stereocenters. The first kappa shape index (κ1) is 12.9. The van der Waals surface area contributed by atoms with E-state index in [1.165, 1.54) is 23.5 Å². The molecule has 0 saturated heterocycles. The Morgan fingerprint density at radius 1 is 1.53 bits per heavy atom. The van der Waals surface area contributed by atoms with E-state index in [0.717, 1.165) is 14.0 Å². The van der Waals surface area contributed by atoms with Crippen LogP contribution >= 0.6 is 33.9 Å². The number of aliphatic hydroxyl groups is 1. The van der Waals surface area contributed by atoms with Gasteiger partial charge in [-0.1, -0.05) is 6.07 Å². The fraction of sp³-hybridized carbons (Fsp3) is 0.250. The quantitative estimate of drug-likeness (QED) is 0.848. The van der Waals surface area contributed by atoms with Crippen LogP contribution in [-0.2, 0) is 6.42 Å². The molecule has 17 heavy (non-hydrogen) atoms. The van der Waals surface area contributed by atoms with Crippen molar-refractivity contribution in [3.05, 3.63) is 49.2 Å². The van der Waals surface area contributed by atoms with Gasteiger partial charge < -0.3 is 5.11 Å². The zero-order chi connectivity index (χ0) is 12.4. The van der Waals surface area contributed by atoms with E-state index in [-0.39, 0.29) is 5.82 Å². The first-order valence-corrected chi connectivity index (χ1v) is 7.00. The van der Waals surface area contributed by atoms with E-state index in [4.69, 9.17) is 0 Å². The molecular weight excluding hydrogens is 352 g/mol. The number of aromatic nitrogens is 1. The summed E-state index contributed by atoms with van der Waals surface area (Å²) in [5.41, 5.74) is 1.81. The zero-order valence-electron chi connectivity index (χ0n) is 9.15. The number of hydrogen-bond acceptors (Lipinski definition) is 3. The molecule has 1 aromatic carbocycles. The molecule has 2 aromatic rings. The topological polar surface area (TPSA) is 33.1 Å². The van der Waals surface area contributed by atoms with Crippen LogP contribution < -0.4 is 0 Å². The van der Waals surface area contributed by atoms with Crippen LogP contribution in [0.1, 0.15) is 22.2 Å². The summed E-state index contributed by atoms with van der Waals surface area (Å²) >= 11 is 3.62. The first-order valence-electron chi connectivity index (χ1n) is 5.10. The van der Waals surface area contributed by atoms with E-state index >= 15 is 0 Å². The van der Waals surface area contributed by atoms with Crippen molar-refractivity contribution in [1.29, 1.82) is 0 Å². The minimum absolute atomic E-state index is 0.272. The molecule has 2 nitrogen and oxygen atoms in total. The number of benzene rings is 1. The summed E-state index contributed by atoms with van der Waals surface area (Å²) in [5, 5.41) is 10.7. The molecule has 2 rings (SSSR count). The highest BCUT2D eigenvalue weighted by Gasteiger charge is 2.14. The van der Waals surface area contributed by atoms with Crippen LogP contribution in [0.15, 0.2) is 24.4 Å². The molecule has 0 radical (unpaired) electrons. The second kappa shape index (κ2) is 5.41. The molecule has 0 saturated carbocycles. The van der Waals surface area contributed by atoms with Crippen LogP contribution in [0.2, 0.25) is 0 Å². The third-order valence-electron chi connectivity index (χ3n) is 2.50. The average Bonchev–Trinajstić information content (AvgIpc) is 2.70. The van der Waals surface area contributed by atoms with Gasteiger partial charge in [0.05, 0.1) is 9.08 Å². The summed E-state index contributed by atoms with van der Waals surface area (Å²) in [7, 11) is 0. The van der Waals surface area contributed by atoms with E-state index in [2.05, 4.69) is 27.6 Å². The Labute approximate surface area is 117 Å². The van der Waals surface area contributed by atoms with E-state index in [1.807, 2.05) is 6.92 Å². The van der Waals surface area contributed by atoms with Gasteiger partial charge in [0.25, 0.3) is 0 Å². The fourth-order valence-corrected chi connectivity index (χ4v) is 3.02. The molecule has 0 spiro atoms. The van der Waals surface area contributed by atoms with Crippen LogP contribution in [0.3, 0.4) is 0 Å². The highest BCUT2D eigenvalue weighted by Crippen LogP contribution is 2.25. The Morgan fingerprint density at radius 3 is 2.94 bits per heavy atom. The highest BCUT2D eigenvalue weighted by molar-refractivity contribution is 14.1. The van der Waals surface area contributed by atoms with Gasteiger partial charge in [-0.25, -0.2) is 9.37 Å². The third kappa shape index (κ3) is 3.23. The maximum Gasteiger partial charge on any atom is 0.123 e. The molecule has 1 aromatic heterocycles. The van der Waals surface area contributed by atoms with Gasteiger partial charge in [0.1, 0.15) is 16.9 Å². The molecule has 90 valence electrons. The predicted octanol–water partition coefficient (Wildman–Crippen LogP) is 3.47. The molecular formula is C12H11FINOS. The zero-order valence-corrected chi connectivity index (χ0v) is 12.1. The lowest BCUT2D eigenvalue weighted by molar-refractivity contribution is 0.177. The van der Waals surface area contributed by atoms with Gasteiger partial charge in [0, 0.05) is 6.42 Å². The third-order valence-corrected chi connectivity index (χ3v) is 4.33. The number of aryl methyl sites for hydroxylation is 1. The van der Waals surface area contributed by atoms with Gasteiger partial charge in [-0.2, -0.15) is 0 Å². The first-order chi connectivity index (χ1) is 8.06. The number of aliphatic hydroxyl groups excluding tert-OH is 1. The molecule has 1 N–H and O–H groups in total. The molecule has 5 heteroatoms. The Bertz CT molecular complexity index is 529. The molecule has 0 aliphatic heterocycles. The maximum absolute atomic E-state index is 13.1. The van der Waals surface area contributed by atoms with Crippen LogP contribution in [0.25, 0.3) is 0 Å². The summed E-state index contributed by atoms with van der Waals surface area (Å²) in [5.74, 6) is -0.272.